The van der Waals surface area contributed by atoms with Crippen LogP contribution in [0.15, 0.2) is 12.1 Å². The van der Waals surface area contributed by atoms with Crippen LogP contribution in [0.4, 0.5) is 17.7 Å². The SMILES string of the molecule is CC(C)(C)OC(=O)NCC1(/C=C/[B-](F)(F)F)CCC1. The first-order valence-electron chi connectivity index (χ1n) is 6.39. The zero-order valence-corrected chi connectivity index (χ0v) is 11.5. The molecule has 0 unspecified atom stereocenters. The van der Waals surface area contributed by atoms with Gasteiger partial charge in [0, 0.05) is 12.0 Å². The van der Waals surface area contributed by atoms with Crippen molar-refractivity contribution in [2.45, 2.75) is 45.6 Å². The summed E-state index contributed by atoms with van der Waals surface area (Å²) in [6.45, 7) is 0.465. The molecule has 0 aromatic heterocycles. The van der Waals surface area contributed by atoms with Gasteiger partial charge in [-0.2, -0.15) is 0 Å². The molecule has 7 heteroatoms. The largest absolute Gasteiger partial charge is 0.502 e. The predicted molar refractivity (Wildman–Crippen MR) is 68.7 cm³/mol. The highest BCUT2D eigenvalue weighted by Gasteiger charge is 2.35. The fraction of sp³-hybridized carbons (Fsp3) is 0.750. The predicted octanol–water partition coefficient (Wildman–Crippen LogP) is 3.62. The van der Waals surface area contributed by atoms with E-state index in [0.717, 1.165) is 6.42 Å². The van der Waals surface area contributed by atoms with Crippen LogP contribution in [0.5, 0.6) is 0 Å². The summed E-state index contributed by atoms with van der Waals surface area (Å²) in [6.07, 6.45) is 2.79. The van der Waals surface area contributed by atoms with Crippen molar-refractivity contribution in [3.8, 4) is 0 Å². The number of halogens is 3. The summed E-state index contributed by atoms with van der Waals surface area (Å²) in [5, 5.41) is 2.55. The van der Waals surface area contributed by atoms with Gasteiger partial charge in [-0.05, 0) is 33.6 Å². The van der Waals surface area contributed by atoms with Crippen molar-refractivity contribution in [2.24, 2.45) is 5.41 Å². The second kappa shape index (κ2) is 5.47. The lowest BCUT2D eigenvalue weighted by Crippen LogP contribution is -2.43. The maximum atomic E-state index is 12.2. The van der Waals surface area contributed by atoms with E-state index < -0.39 is 24.1 Å². The van der Waals surface area contributed by atoms with Crippen molar-refractivity contribution in [2.75, 3.05) is 6.54 Å². The molecule has 0 bridgehead atoms. The van der Waals surface area contributed by atoms with Crippen LogP contribution in [-0.4, -0.2) is 25.2 Å². The number of amides is 1. The van der Waals surface area contributed by atoms with Crippen LogP contribution in [-0.2, 0) is 4.74 Å². The molecule has 1 N–H and O–H groups in total. The lowest BCUT2D eigenvalue weighted by molar-refractivity contribution is 0.0487. The van der Waals surface area contributed by atoms with Gasteiger partial charge in [-0.1, -0.05) is 6.42 Å². The molecule has 1 amide bonds. The Kier molecular flexibility index (Phi) is 4.58. The summed E-state index contributed by atoms with van der Waals surface area (Å²) in [4.78, 5) is 11.5. The average molecular weight is 278 g/mol. The fourth-order valence-corrected chi connectivity index (χ4v) is 1.91. The van der Waals surface area contributed by atoms with E-state index in [2.05, 4.69) is 5.32 Å². The average Bonchev–Trinajstić information content (AvgIpc) is 2.10. The number of hydrogen-bond acceptors (Lipinski definition) is 2. The monoisotopic (exact) mass is 278 g/mol. The van der Waals surface area contributed by atoms with Gasteiger partial charge in [0.2, 0.25) is 0 Å². The van der Waals surface area contributed by atoms with E-state index in [-0.39, 0.29) is 6.54 Å². The number of alkyl carbamates (subject to hydrolysis) is 1. The normalized spacial score (nSPS) is 19.1. The van der Waals surface area contributed by atoms with Gasteiger partial charge in [0.1, 0.15) is 5.60 Å². The molecule has 0 spiro atoms. The number of rotatable bonds is 4. The third kappa shape index (κ3) is 6.03. The zero-order valence-electron chi connectivity index (χ0n) is 11.5. The molecule has 0 aromatic carbocycles. The van der Waals surface area contributed by atoms with Gasteiger partial charge in [0.05, 0.1) is 0 Å². The van der Waals surface area contributed by atoms with Crippen molar-refractivity contribution < 1.29 is 22.5 Å². The van der Waals surface area contributed by atoms with Crippen molar-refractivity contribution in [3.63, 3.8) is 0 Å². The topological polar surface area (TPSA) is 38.3 Å². The van der Waals surface area contributed by atoms with Gasteiger partial charge in [-0.3, -0.25) is 0 Å². The minimum atomic E-state index is -4.92. The summed E-state index contributed by atoms with van der Waals surface area (Å²) in [5.41, 5.74) is -1.17. The van der Waals surface area contributed by atoms with Crippen LogP contribution in [0.1, 0.15) is 40.0 Å². The number of nitrogens with one attached hydrogen (secondary N) is 1. The Morgan fingerprint density at radius 1 is 1.37 bits per heavy atom. The third-order valence-corrected chi connectivity index (χ3v) is 3.00. The van der Waals surface area contributed by atoms with Crippen LogP contribution in [0.25, 0.3) is 0 Å². The van der Waals surface area contributed by atoms with Crippen molar-refractivity contribution >= 4 is 13.1 Å². The van der Waals surface area contributed by atoms with Crippen LogP contribution >= 0.6 is 0 Å². The molecule has 0 aliphatic heterocycles. The molecule has 1 rings (SSSR count). The highest BCUT2D eigenvalue weighted by atomic mass is 19.4. The molecule has 110 valence electrons. The van der Waals surface area contributed by atoms with Crippen LogP contribution in [0.2, 0.25) is 0 Å². The molecule has 3 nitrogen and oxygen atoms in total. The number of carbonyl (C=O) groups excluding carboxylic acids is 1. The quantitative estimate of drug-likeness (QED) is 0.797. The second-order valence-electron chi connectivity index (χ2n) is 6.06. The van der Waals surface area contributed by atoms with Crippen molar-refractivity contribution in [3.05, 3.63) is 12.1 Å². The second-order valence-corrected chi connectivity index (χ2v) is 6.06. The van der Waals surface area contributed by atoms with Gasteiger partial charge < -0.3 is 23.0 Å². The van der Waals surface area contributed by atoms with E-state index in [4.69, 9.17) is 4.74 Å². The lowest BCUT2D eigenvalue weighted by atomic mass is 9.67. The molecule has 1 aliphatic rings. The Bertz CT molecular complexity index is 357. The van der Waals surface area contributed by atoms with Crippen molar-refractivity contribution in [1.29, 1.82) is 0 Å². The van der Waals surface area contributed by atoms with E-state index in [9.17, 15) is 17.7 Å². The van der Waals surface area contributed by atoms with Crippen molar-refractivity contribution in [1.82, 2.24) is 5.32 Å². The van der Waals surface area contributed by atoms with E-state index >= 15 is 0 Å². The smallest absolute Gasteiger partial charge is 0.445 e. The zero-order chi connectivity index (χ0) is 14.7. The summed E-state index contributed by atoms with van der Waals surface area (Å²) in [7, 11) is 0. The molecule has 0 atom stereocenters. The highest BCUT2D eigenvalue weighted by Crippen LogP contribution is 2.42. The van der Waals surface area contributed by atoms with Crippen LogP contribution < -0.4 is 5.32 Å². The molecule has 19 heavy (non-hydrogen) atoms. The Labute approximate surface area is 111 Å². The lowest BCUT2D eigenvalue weighted by Gasteiger charge is -2.40. The standard InChI is InChI=1S/C12H20BF3NO2/c1-11(2,3)19-10(18)17-9-12(5-4-6-12)7-8-13(14,15)16/h7-8H,4-6,9H2,1-3H3,(H,17,18)/q-1/b8-7+. The first-order chi connectivity index (χ1) is 8.52. The van der Waals surface area contributed by atoms with Gasteiger partial charge in [-0.15, -0.1) is 12.1 Å². The van der Waals surface area contributed by atoms with Crippen LogP contribution in [0.3, 0.4) is 0 Å². The Morgan fingerprint density at radius 3 is 2.32 bits per heavy atom. The van der Waals surface area contributed by atoms with Gasteiger partial charge in [0.15, 0.2) is 0 Å². The van der Waals surface area contributed by atoms with Gasteiger partial charge in [0.25, 0.3) is 0 Å². The molecular weight excluding hydrogens is 258 g/mol. The molecule has 1 aliphatic carbocycles. The minimum Gasteiger partial charge on any atom is -0.445 e. The maximum Gasteiger partial charge on any atom is 0.502 e. The summed E-state index contributed by atoms with van der Waals surface area (Å²) >= 11 is 0. The molecule has 0 saturated heterocycles. The molecule has 1 fully saturated rings. The summed E-state index contributed by atoms with van der Waals surface area (Å²) in [5.74, 6) is 0.315. The minimum absolute atomic E-state index is 0.185. The Balaban J connectivity index is 2.49. The van der Waals surface area contributed by atoms with E-state index in [1.165, 1.54) is 6.08 Å². The number of ether oxygens (including phenoxy) is 1. The third-order valence-electron chi connectivity index (χ3n) is 3.00. The molecule has 0 heterocycles. The first kappa shape index (κ1) is 15.9. The first-order valence-corrected chi connectivity index (χ1v) is 6.39. The summed E-state index contributed by atoms with van der Waals surface area (Å²) < 4.78 is 41.7. The number of carbonyl (C=O) groups is 1. The Morgan fingerprint density at radius 2 is 1.95 bits per heavy atom. The Hall–Kier alpha value is -1.14. The van der Waals surface area contributed by atoms with Gasteiger partial charge in [-0.25, -0.2) is 4.79 Å². The van der Waals surface area contributed by atoms with Crippen LogP contribution in [0, 0.1) is 5.41 Å². The van der Waals surface area contributed by atoms with E-state index in [1.807, 2.05) is 0 Å². The fourth-order valence-electron chi connectivity index (χ4n) is 1.91. The molecule has 0 aromatic rings. The summed E-state index contributed by atoms with van der Waals surface area (Å²) in [6, 6.07) is 0. The van der Waals surface area contributed by atoms with Gasteiger partial charge >= 0.3 is 13.1 Å². The molecule has 0 radical (unpaired) electrons. The molecule has 1 saturated carbocycles. The van der Waals surface area contributed by atoms with E-state index in [0.29, 0.717) is 18.8 Å². The highest BCUT2D eigenvalue weighted by molar-refractivity contribution is 6.64. The van der Waals surface area contributed by atoms with E-state index in [1.54, 1.807) is 20.8 Å². The number of hydrogen-bond donors (Lipinski definition) is 1. The molecular formula is C12H20BF3NO2-. The maximum absolute atomic E-state index is 12.2.